The van der Waals surface area contributed by atoms with Crippen molar-refractivity contribution in [2.45, 2.75) is 25.8 Å². The molecule has 3 rings (SSSR count). The first-order valence-electron chi connectivity index (χ1n) is 7.17. The molecule has 1 aliphatic rings. The zero-order valence-electron chi connectivity index (χ0n) is 12.5. The van der Waals surface area contributed by atoms with Crippen LogP contribution in [0.2, 0.25) is 0 Å². The van der Waals surface area contributed by atoms with Gasteiger partial charge in [0.05, 0.1) is 5.69 Å². The molecule has 6 nitrogen and oxygen atoms in total. The topological polar surface area (TPSA) is 77.0 Å². The third-order valence-electron chi connectivity index (χ3n) is 4.03. The summed E-state index contributed by atoms with van der Waals surface area (Å²) in [5.74, 6) is 0.0746. The zero-order valence-corrected chi connectivity index (χ0v) is 13.3. The van der Waals surface area contributed by atoms with Crippen molar-refractivity contribution in [1.82, 2.24) is 19.7 Å². The summed E-state index contributed by atoms with van der Waals surface area (Å²) in [6.45, 7) is 3.27. The van der Waals surface area contributed by atoms with Crippen molar-refractivity contribution in [1.29, 1.82) is 0 Å². The Hall–Kier alpha value is -1.92. The van der Waals surface area contributed by atoms with Crippen LogP contribution in [0.4, 0.5) is 0 Å². The minimum absolute atomic E-state index is 0. The molecule has 0 aliphatic carbocycles. The molecule has 22 heavy (non-hydrogen) atoms. The molecule has 1 aliphatic heterocycles. The van der Waals surface area contributed by atoms with Crippen LogP contribution >= 0.6 is 12.4 Å². The molecular weight excluding hydrogens is 302 g/mol. The van der Waals surface area contributed by atoms with Gasteiger partial charge in [0.2, 0.25) is 0 Å². The van der Waals surface area contributed by atoms with E-state index in [0.717, 1.165) is 36.2 Å². The minimum atomic E-state index is 0. The van der Waals surface area contributed by atoms with Crippen molar-refractivity contribution in [3.8, 4) is 5.69 Å². The summed E-state index contributed by atoms with van der Waals surface area (Å²) >= 11 is 0. The Labute approximate surface area is 135 Å². The Morgan fingerprint density at radius 2 is 2.27 bits per heavy atom. The second kappa shape index (κ2) is 6.89. The average molecular weight is 322 g/mol. The van der Waals surface area contributed by atoms with Crippen LogP contribution in [0.5, 0.6) is 0 Å². The molecule has 0 saturated carbocycles. The van der Waals surface area contributed by atoms with Gasteiger partial charge in [0, 0.05) is 24.7 Å². The van der Waals surface area contributed by atoms with Gasteiger partial charge in [-0.25, -0.2) is 9.67 Å². The summed E-state index contributed by atoms with van der Waals surface area (Å²) in [6, 6.07) is 5.88. The predicted molar refractivity (Wildman–Crippen MR) is 86.5 cm³/mol. The quantitative estimate of drug-likeness (QED) is 0.930. The van der Waals surface area contributed by atoms with Crippen LogP contribution in [0, 0.1) is 6.92 Å². The Balaban J connectivity index is 0.00000176. The fourth-order valence-electron chi connectivity index (χ4n) is 2.87. The van der Waals surface area contributed by atoms with E-state index in [1.807, 2.05) is 30.0 Å². The van der Waals surface area contributed by atoms with Gasteiger partial charge in [-0.3, -0.25) is 4.79 Å². The lowest BCUT2D eigenvalue weighted by molar-refractivity contribution is 0.0740. The van der Waals surface area contributed by atoms with Gasteiger partial charge in [0.1, 0.15) is 12.7 Å². The van der Waals surface area contributed by atoms with Crippen molar-refractivity contribution in [2.24, 2.45) is 5.73 Å². The van der Waals surface area contributed by atoms with E-state index in [4.69, 9.17) is 5.73 Å². The molecule has 118 valence electrons. The number of hydrogen-bond acceptors (Lipinski definition) is 4. The molecule has 1 atom stereocenters. The highest BCUT2D eigenvalue weighted by atomic mass is 35.5. The van der Waals surface area contributed by atoms with E-state index in [0.29, 0.717) is 6.54 Å². The van der Waals surface area contributed by atoms with Gasteiger partial charge >= 0.3 is 0 Å². The normalized spacial score (nSPS) is 17.4. The van der Waals surface area contributed by atoms with E-state index >= 15 is 0 Å². The Morgan fingerprint density at radius 1 is 1.45 bits per heavy atom. The Bertz CT molecular complexity index is 643. The van der Waals surface area contributed by atoms with E-state index in [1.54, 1.807) is 11.0 Å². The van der Waals surface area contributed by atoms with Gasteiger partial charge in [-0.05, 0) is 43.5 Å². The highest BCUT2D eigenvalue weighted by molar-refractivity contribution is 5.96. The van der Waals surface area contributed by atoms with Crippen molar-refractivity contribution < 1.29 is 4.79 Å². The number of benzene rings is 1. The van der Waals surface area contributed by atoms with Crippen molar-refractivity contribution >= 4 is 18.3 Å². The highest BCUT2D eigenvalue weighted by Crippen LogP contribution is 2.22. The number of amides is 1. The Morgan fingerprint density at radius 3 is 2.91 bits per heavy atom. The fourth-order valence-corrected chi connectivity index (χ4v) is 2.87. The molecular formula is C15H20ClN5O. The fraction of sp³-hybridized carbons (Fsp3) is 0.400. The van der Waals surface area contributed by atoms with Crippen LogP contribution < -0.4 is 5.73 Å². The molecule has 0 radical (unpaired) electrons. The minimum Gasteiger partial charge on any atom is -0.334 e. The maximum atomic E-state index is 12.7. The highest BCUT2D eigenvalue weighted by Gasteiger charge is 2.28. The predicted octanol–water partition coefficient (Wildman–Crippen LogP) is 1.56. The van der Waals surface area contributed by atoms with Gasteiger partial charge in [0.25, 0.3) is 5.91 Å². The number of nitrogens with zero attached hydrogens (tertiary/aromatic N) is 4. The standard InChI is InChI=1S/C15H19N5O.ClH/c1-11-7-12(20-10-17-9-18-20)4-5-14(11)15(21)19-6-2-3-13(19)8-16;/h4-5,7,9-10,13H,2-3,6,8,16H2,1H3;1H. The van der Waals surface area contributed by atoms with Crippen LogP contribution in [0.3, 0.4) is 0 Å². The largest absolute Gasteiger partial charge is 0.334 e. The van der Waals surface area contributed by atoms with Gasteiger partial charge in [0.15, 0.2) is 0 Å². The zero-order chi connectivity index (χ0) is 14.8. The third kappa shape index (κ3) is 2.98. The molecule has 2 N–H and O–H groups in total. The second-order valence-corrected chi connectivity index (χ2v) is 5.37. The van der Waals surface area contributed by atoms with Crippen molar-refractivity contribution in [3.05, 3.63) is 42.0 Å². The molecule has 2 heterocycles. The van der Waals surface area contributed by atoms with Crippen molar-refractivity contribution in [2.75, 3.05) is 13.1 Å². The smallest absolute Gasteiger partial charge is 0.254 e. The summed E-state index contributed by atoms with van der Waals surface area (Å²) in [7, 11) is 0. The van der Waals surface area contributed by atoms with E-state index in [1.165, 1.54) is 6.33 Å². The Kier molecular flexibility index (Phi) is 5.15. The van der Waals surface area contributed by atoms with Gasteiger partial charge in [-0.15, -0.1) is 12.4 Å². The number of carbonyl (C=O) groups excluding carboxylic acids is 1. The number of carbonyl (C=O) groups is 1. The molecule has 1 saturated heterocycles. The number of likely N-dealkylation sites (tertiary alicyclic amines) is 1. The third-order valence-corrected chi connectivity index (χ3v) is 4.03. The number of nitrogens with two attached hydrogens (primary N) is 1. The lowest BCUT2D eigenvalue weighted by Crippen LogP contribution is -2.40. The number of halogens is 1. The monoisotopic (exact) mass is 321 g/mol. The number of aryl methyl sites for hydroxylation is 1. The molecule has 1 aromatic heterocycles. The maximum absolute atomic E-state index is 12.7. The SMILES string of the molecule is Cc1cc(-n2cncn2)ccc1C(=O)N1CCCC1CN.Cl. The van der Waals surface area contributed by atoms with Crippen LogP contribution in [0.25, 0.3) is 5.69 Å². The summed E-state index contributed by atoms with van der Waals surface area (Å²) in [6.07, 6.45) is 5.16. The summed E-state index contributed by atoms with van der Waals surface area (Å²) in [5, 5.41) is 4.10. The molecule has 0 spiro atoms. The van der Waals surface area contributed by atoms with Crippen LogP contribution in [-0.2, 0) is 0 Å². The molecule has 1 amide bonds. The lowest BCUT2D eigenvalue weighted by atomic mass is 10.1. The van der Waals surface area contributed by atoms with Gasteiger partial charge in [-0.1, -0.05) is 0 Å². The first-order chi connectivity index (χ1) is 10.2. The van der Waals surface area contributed by atoms with Crippen LogP contribution in [0.1, 0.15) is 28.8 Å². The van der Waals surface area contributed by atoms with E-state index < -0.39 is 0 Å². The molecule has 1 unspecified atom stereocenters. The van der Waals surface area contributed by atoms with Crippen LogP contribution in [-0.4, -0.2) is 44.7 Å². The van der Waals surface area contributed by atoms with Crippen molar-refractivity contribution in [3.63, 3.8) is 0 Å². The van der Waals surface area contributed by atoms with Gasteiger partial charge < -0.3 is 10.6 Å². The lowest BCUT2D eigenvalue weighted by Gasteiger charge is -2.24. The van der Waals surface area contributed by atoms with E-state index in [-0.39, 0.29) is 24.4 Å². The van der Waals surface area contributed by atoms with Gasteiger partial charge in [-0.2, -0.15) is 5.10 Å². The van der Waals surface area contributed by atoms with E-state index in [9.17, 15) is 4.79 Å². The number of aromatic nitrogens is 3. The van der Waals surface area contributed by atoms with Crippen LogP contribution in [0.15, 0.2) is 30.9 Å². The second-order valence-electron chi connectivity index (χ2n) is 5.37. The molecule has 7 heteroatoms. The summed E-state index contributed by atoms with van der Waals surface area (Å²) in [4.78, 5) is 18.5. The average Bonchev–Trinajstić information content (AvgIpc) is 3.17. The summed E-state index contributed by atoms with van der Waals surface area (Å²) < 4.78 is 1.68. The molecule has 1 fully saturated rings. The van der Waals surface area contributed by atoms with E-state index in [2.05, 4.69) is 10.1 Å². The first-order valence-corrected chi connectivity index (χ1v) is 7.17. The molecule has 0 bridgehead atoms. The molecule has 2 aromatic rings. The maximum Gasteiger partial charge on any atom is 0.254 e. The number of rotatable bonds is 3. The molecule has 1 aromatic carbocycles. The number of hydrogen-bond donors (Lipinski definition) is 1. The first kappa shape index (κ1) is 16.5. The summed E-state index contributed by atoms with van der Waals surface area (Å²) in [5.41, 5.74) is 8.33.